The molecule has 0 bridgehead atoms. The molecule has 4 aromatic rings. The topological polar surface area (TPSA) is 0 Å². The molecule has 0 amide bonds. The molecule has 3 heteroatoms. The van der Waals surface area contributed by atoms with Crippen LogP contribution in [0.15, 0.2) is 96.1 Å². The van der Waals surface area contributed by atoms with Crippen molar-refractivity contribution in [2.45, 2.75) is 120 Å². The average molecular weight is 797 g/mol. The van der Waals surface area contributed by atoms with E-state index in [9.17, 15) is 0 Å². The number of allylic oxidation sites excluding steroid dienone is 2. The van der Waals surface area contributed by atoms with Gasteiger partial charge in [0.1, 0.15) is 0 Å². The van der Waals surface area contributed by atoms with Gasteiger partial charge in [0.15, 0.2) is 0 Å². The van der Waals surface area contributed by atoms with Crippen LogP contribution in [0.1, 0.15) is 135 Å². The van der Waals surface area contributed by atoms with Crippen molar-refractivity contribution in [3.8, 4) is 22.3 Å². The van der Waals surface area contributed by atoms with Crippen LogP contribution in [-0.2, 0) is 31.1 Å². The third-order valence-corrected chi connectivity index (χ3v) is 25.1. The first kappa shape index (κ1) is 40.0. The number of fused-ring (bicyclic) bond motifs is 2. The Morgan fingerprint density at radius 3 is 1.22 bits per heavy atom. The molecule has 3 aliphatic rings. The Morgan fingerprint density at radius 1 is 0.529 bits per heavy atom. The van der Waals surface area contributed by atoms with Crippen molar-refractivity contribution in [1.29, 1.82) is 0 Å². The molecular formula is C48H58Cl2Zr. The van der Waals surface area contributed by atoms with Crippen molar-refractivity contribution < 1.29 is 45.1 Å². The number of rotatable bonds is 10. The fourth-order valence-electron chi connectivity index (χ4n) is 9.17. The third-order valence-electron chi connectivity index (χ3n) is 12.0. The van der Waals surface area contributed by atoms with Crippen molar-refractivity contribution in [3.63, 3.8) is 0 Å². The molecule has 2 atom stereocenters. The molecule has 0 N–H and O–H groups in total. The van der Waals surface area contributed by atoms with Crippen molar-refractivity contribution >= 4 is 12.2 Å². The van der Waals surface area contributed by atoms with Crippen LogP contribution in [-0.4, -0.2) is 0 Å². The monoisotopic (exact) mass is 794 g/mol. The van der Waals surface area contributed by atoms with Gasteiger partial charge in [0, 0.05) is 0 Å². The number of halogens is 2. The van der Waals surface area contributed by atoms with Gasteiger partial charge in [-0.1, -0.05) is 0 Å². The van der Waals surface area contributed by atoms with Gasteiger partial charge in [-0.05, 0) is 0 Å². The predicted molar refractivity (Wildman–Crippen MR) is 211 cm³/mol. The van der Waals surface area contributed by atoms with E-state index in [-0.39, 0.29) is 35.6 Å². The van der Waals surface area contributed by atoms with E-state index in [1.165, 1.54) is 91.3 Å². The maximum absolute atomic E-state index is 2.80. The van der Waals surface area contributed by atoms with Crippen LogP contribution in [0, 0.1) is 0 Å². The standard InChI is InChI=1S/2C23H27.C2H4.2ClH.Zr/c2*1-5-6-8-17-15-19-9-7-10-21(22(19)16-17)18-11-13-20(14-12-18)23(2,3)4;1-2;;;/h2*7,9-16H,5-6,8H2,1-4H3;1-2H2;2*1H;/q;;;;;+2/p-2. The Labute approximate surface area is 326 Å². The Kier molecular flexibility index (Phi) is 12.3. The largest absolute Gasteiger partial charge is 1.00 e. The number of hydrogen-bond acceptors (Lipinski definition) is 0. The summed E-state index contributed by atoms with van der Waals surface area (Å²) in [6.45, 7) is 18.6. The van der Waals surface area contributed by atoms with Crippen molar-refractivity contribution in [2.24, 2.45) is 0 Å². The third kappa shape index (κ3) is 7.62. The molecule has 2 aliphatic carbocycles. The number of benzene rings is 4. The van der Waals surface area contributed by atoms with E-state index in [4.69, 9.17) is 0 Å². The van der Waals surface area contributed by atoms with Crippen LogP contribution in [0.25, 0.3) is 34.4 Å². The molecular weight excluding hydrogens is 739 g/mol. The molecule has 1 saturated heterocycles. The predicted octanol–water partition coefficient (Wildman–Crippen LogP) is 8.58. The molecule has 268 valence electrons. The Bertz CT molecular complexity index is 1760. The molecule has 51 heavy (non-hydrogen) atoms. The molecule has 0 saturated carbocycles. The van der Waals surface area contributed by atoms with E-state index in [2.05, 4.69) is 152 Å². The summed E-state index contributed by atoms with van der Waals surface area (Å²) in [7, 11) is 0. The van der Waals surface area contributed by atoms with Crippen molar-refractivity contribution in [3.05, 3.63) is 129 Å². The first-order chi connectivity index (χ1) is 23.5. The Morgan fingerprint density at radius 2 is 0.902 bits per heavy atom. The summed E-state index contributed by atoms with van der Waals surface area (Å²) in [5, 5.41) is 0. The zero-order valence-electron chi connectivity index (χ0n) is 32.3. The minimum Gasteiger partial charge on any atom is -1.00 e. The second kappa shape index (κ2) is 15.7. The molecule has 1 fully saturated rings. The molecule has 2 unspecified atom stereocenters. The van der Waals surface area contributed by atoms with Crippen LogP contribution >= 0.6 is 0 Å². The van der Waals surface area contributed by atoms with Crippen LogP contribution in [0.2, 0.25) is 8.26 Å². The number of hydrogen-bond donors (Lipinski definition) is 0. The van der Waals surface area contributed by atoms with Gasteiger partial charge in [-0.25, -0.2) is 0 Å². The molecule has 0 aromatic heterocycles. The van der Waals surface area contributed by atoms with E-state index < -0.39 is 20.3 Å². The zero-order chi connectivity index (χ0) is 34.6. The maximum Gasteiger partial charge on any atom is -1.00 e. The SMILES string of the molecule is CCCCC1=Cc2c(-c3ccc(C(C)(C)C)cc3)cccc2[CH]1[Zr+2]1([CH]2C(CCCC)=Cc3c(-c4ccc(C(C)(C)C)cc4)cccc32)[CH2][CH2]1.[Cl-].[Cl-]. The van der Waals surface area contributed by atoms with Gasteiger partial charge in [-0.2, -0.15) is 0 Å². The summed E-state index contributed by atoms with van der Waals surface area (Å²) in [6, 6.07) is 33.6. The molecule has 1 heterocycles. The second-order valence-corrected chi connectivity index (χ2v) is 28.9. The molecule has 0 radical (unpaired) electrons. The second-order valence-electron chi connectivity index (χ2n) is 17.5. The Hall–Kier alpha value is -2.18. The van der Waals surface area contributed by atoms with E-state index in [0.717, 1.165) is 0 Å². The van der Waals surface area contributed by atoms with Gasteiger partial charge in [0.25, 0.3) is 0 Å². The summed E-state index contributed by atoms with van der Waals surface area (Å²) in [5.74, 6) is 0. The van der Waals surface area contributed by atoms with Gasteiger partial charge < -0.3 is 24.8 Å². The quantitative estimate of drug-likeness (QED) is 0.151. The molecule has 0 nitrogen and oxygen atoms in total. The first-order valence-electron chi connectivity index (χ1n) is 19.3. The van der Waals surface area contributed by atoms with E-state index in [0.29, 0.717) is 7.25 Å². The summed E-state index contributed by atoms with van der Waals surface area (Å²) in [4.78, 5) is 0. The van der Waals surface area contributed by atoms with Gasteiger partial charge in [0.05, 0.1) is 0 Å². The van der Waals surface area contributed by atoms with Gasteiger partial charge in [-0.3, -0.25) is 0 Å². The molecule has 1 aliphatic heterocycles. The maximum atomic E-state index is 2.69. The van der Waals surface area contributed by atoms with E-state index in [1.807, 2.05) is 0 Å². The summed E-state index contributed by atoms with van der Waals surface area (Å²) in [5.41, 5.74) is 18.7. The normalized spacial score (nSPS) is 18.0. The van der Waals surface area contributed by atoms with Gasteiger partial charge >= 0.3 is 304 Å². The summed E-state index contributed by atoms with van der Waals surface area (Å²) in [6.07, 6.45) is 13.0. The molecule has 0 spiro atoms. The summed E-state index contributed by atoms with van der Waals surface area (Å²) >= 11 is -2.80. The van der Waals surface area contributed by atoms with Crippen molar-refractivity contribution in [1.82, 2.24) is 0 Å². The smallest absolute Gasteiger partial charge is 1.00 e. The minimum absolute atomic E-state index is 0. The van der Waals surface area contributed by atoms with Crippen LogP contribution in [0.3, 0.4) is 0 Å². The Balaban J connectivity index is 0.00000252. The average Bonchev–Trinajstić information content (AvgIpc) is 3.62. The number of unbranched alkanes of at least 4 members (excludes halogenated alkanes) is 2. The summed E-state index contributed by atoms with van der Waals surface area (Å²) < 4.78 is 4.43. The van der Waals surface area contributed by atoms with Crippen LogP contribution < -0.4 is 24.8 Å². The van der Waals surface area contributed by atoms with E-state index >= 15 is 0 Å². The first-order valence-corrected chi connectivity index (χ1v) is 25.7. The van der Waals surface area contributed by atoms with E-state index in [1.54, 1.807) is 22.3 Å². The van der Waals surface area contributed by atoms with Crippen LogP contribution in [0.4, 0.5) is 0 Å². The van der Waals surface area contributed by atoms with Crippen LogP contribution in [0.5, 0.6) is 0 Å². The van der Waals surface area contributed by atoms with Gasteiger partial charge in [-0.15, -0.1) is 0 Å². The fraction of sp³-hybridized carbons (Fsp3) is 0.417. The fourth-order valence-corrected chi connectivity index (χ4v) is 26.8. The molecule has 7 rings (SSSR count). The van der Waals surface area contributed by atoms with Crippen molar-refractivity contribution in [2.75, 3.05) is 0 Å². The van der Waals surface area contributed by atoms with Gasteiger partial charge in [0.2, 0.25) is 0 Å². The molecule has 4 aromatic carbocycles. The zero-order valence-corrected chi connectivity index (χ0v) is 36.3. The minimum atomic E-state index is -2.80.